The molecule has 0 aromatic heterocycles. The summed E-state index contributed by atoms with van der Waals surface area (Å²) in [5.41, 5.74) is 0.187. The minimum absolute atomic E-state index is 0.350. The molecule has 2 atom stereocenters. The summed E-state index contributed by atoms with van der Waals surface area (Å²) in [6.45, 7) is 1.87. The molecule has 1 aromatic rings. The van der Waals surface area contributed by atoms with Crippen molar-refractivity contribution in [3.8, 4) is 6.07 Å². The number of carbonyl (C=O) groups is 2. The fourth-order valence-corrected chi connectivity index (χ4v) is 4.55. The van der Waals surface area contributed by atoms with Crippen molar-refractivity contribution in [2.45, 2.75) is 63.1 Å². The van der Waals surface area contributed by atoms with Gasteiger partial charge < -0.3 is 15.7 Å². The minimum atomic E-state index is -1.20. The van der Waals surface area contributed by atoms with Gasteiger partial charge in [-0.2, -0.15) is 5.26 Å². The summed E-state index contributed by atoms with van der Waals surface area (Å²) in [6, 6.07) is 11.5. The van der Waals surface area contributed by atoms with E-state index in [0.717, 1.165) is 37.8 Å². The van der Waals surface area contributed by atoms with Crippen LogP contribution in [0.4, 0.5) is 4.79 Å². The third-order valence-corrected chi connectivity index (χ3v) is 6.08. The van der Waals surface area contributed by atoms with Crippen LogP contribution in [0.2, 0.25) is 0 Å². The Morgan fingerprint density at radius 1 is 1.24 bits per heavy atom. The Labute approximate surface area is 172 Å². The predicted molar refractivity (Wildman–Crippen MR) is 109 cm³/mol. The molecule has 2 unspecified atom stereocenters. The molecule has 0 spiro atoms. The maximum Gasteiger partial charge on any atom is 0.405 e. The second kappa shape index (κ2) is 9.75. The third-order valence-electron chi connectivity index (χ3n) is 6.08. The molecule has 3 N–H and O–H groups in total. The predicted octanol–water partition coefficient (Wildman–Crippen LogP) is 2.88. The normalized spacial score (nSPS) is 23.8. The lowest BCUT2D eigenvalue weighted by atomic mass is 9.84. The van der Waals surface area contributed by atoms with E-state index < -0.39 is 17.7 Å². The van der Waals surface area contributed by atoms with Crippen molar-refractivity contribution in [2.75, 3.05) is 13.1 Å². The van der Waals surface area contributed by atoms with Crippen LogP contribution in [0.1, 0.15) is 50.5 Å². The topological polar surface area (TPSA) is 105 Å². The monoisotopic (exact) mass is 398 g/mol. The molecule has 1 heterocycles. The fraction of sp³-hybridized carbons (Fsp3) is 0.591. The molecule has 1 aliphatic carbocycles. The second-order valence-corrected chi connectivity index (χ2v) is 8.37. The van der Waals surface area contributed by atoms with Crippen LogP contribution in [0, 0.1) is 17.2 Å². The number of carbonyl (C=O) groups excluding carboxylic acids is 1. The van der Waals surface area contributed by atoms with Crippen LogP contribution in [0.3, 0.4) is 0 Å². The van der Waals surface area contributed by atoms with E-state index in [1.165, 1.54) is 6.42 Å². The Balaban J connectivity index is 1.61. The first-order valence-corrected chi connectivity index (χ1v) is 10.5. The van der Waals surface area contributed by atoms with Gasteiger partial charge in [0.15, 0.2) is 0 Å². The quantitative estimate of drug-likeness (QED) is 0.655. The number of rotatable bonds is 7. The lowest BCUT2D eigenvalue weighted by Crippen LogP contribution is -2.56. The molecule has 29 heavy (non-hydrogen) atoms. The van der Waals surface area contributed by atoms with Gasteiger partial charge in [-0.3, -0.25) is 9.69 Å². The van der Waals surface area contributed by atoms with E-state index in [1.807, 2.05) is 30.3 Å². The van der Waals surface area contributed by atoms with Gasteiger partial charge >= 0.3 is 6.09 Å². The van der Waals surface area contributed by atoms with Gasteiger partial charge in [-0.05, 0) is 24.3 Å². The first-order valence-electron chi connectivity index (χ1n) is 10.5. The highest BCUT2D eigenvalue weighted by molar-refractivity contribution is 5.86. The van der Waals surface area contributed by atoms with E-state index in [-0.39, 0.29) is 5.91 Å². The van der Waals surface area contributed by atoms with E-state index in [2.05, 4.69) is 21.6 Å². The molecule has 1 aromatic carbocycles. The van der Waals surface area contributed by atoms with E-state index in [4.69, 9.17) is 0 Å². The standard InChI is InChI=1S/C22H30N4O3/c23-15-22(11-12-26(16-22)14-18-9-5-2-6-10-18)25-20(27)19(24-21(28)29)13-17-7-3-1-4-8-17/h2,5-6,9-10,17,19,24H,1,3-4,7-8,11-14,16H2,(H,25,27)(H,28,29). The van der Waals surface area contributed by atoms with Crippen LogP contribution in [-0.4, -0.2) is 46.7 Å². The number of nitrogens with zero attached hydrogens (tertiary/aromatic N) is 2. The molecule has 2 fully saturated rings. The molecule has 1 aliphatic heterocycles. The summed E-state index contributed by atoms with van der Waals surface area (Å²) in [5, 5.41) is 24.3. The van der Waals surface area contributed by atoms with E-state index >= 15 is 0 Å². The number of hydrogen-bond donors (Lipinski definition) is 3. The van der Waals surface area contributed by atoms with E-state index in [0.29, 0.717) is 31.8 Å². The molecule has 1 saturated heterocycles. The number of benzene rings is 1. The zero-order valence-electron chi connectivity index (χ0n) is 16.8. The summed E-state index contributed by atoms with van der Waals surface area (Å²) in [4.78, 5) is 26.3. The number of amides is 2. The third kappa shape index (κ3) is 5.94. The van der Waals surface area contributed by atoms with Crippen LogP contribution in [-0.2, 0) is 11.3 Å². The number of hydrogen-bond acceptors (Lipinski definition) is 4. The van der Waals surface area contributed by atoms with Gasteiger partial charge in [0, 0.05) is 19.6 Å². The molecule has 7 nitrogen and oxygen atoms in total. The average molecular weight is 399 g/mol. The Bertz CT molecular complexity index is 742. The van der Waals surface area contributed by atoms with Gasteiger partial charge in [0.2, 0.25) is 5.91 Å². The van der Waals surface area contributed by atoms with Crippen LogP contribution >= 0.6 is 0 Å². The highest BCUT2D eigenvalue weighted by Gasteiger charge is 2.41. The number of carboxylic acid groups (broad SMARTS) is 1. The molecule has 1 saturated carbocycles. The minimum Gasteiger partial charge on any atom is -0.465 e. The Hall–Kier alpha value is -2.59. The Morgan fingerprint density at radius 3 is 2.62 bits per heavy atom. The van der Waals surface area contributed by atoms with Gasteiger partial charge in [0.05, 0.1) is 6.07 Å². The second-order valence-electron chi connectivity index (χ2n) is 8.37. The van der Waals surface area contributed by atoms with Crippen molar-refractivity contribution in [3.63, 3.8) is 0 Å². The van der Waals surface area contributed by atoms with Crippen molar-refractivity contribution in [2.24, 2.45) is 5.92 Å². The smallest absolute Gasteiger partial charge is 0.405 e. The first kappa shape index (κ1) is 21.1. The summed E-state index contributed by atoms with van der Waals surface area (Å²) in [7, 11) is 0. The van der Waals surface area contributed by atoms with Crippen LogP contribution in [0.25, 0.3) is 0 Å². The fourth-order valence-electron chi connectivity index (χ4n) is 4.55. The summed E-state index contributed by atoms with van der Waals surface area (Å²) in [5.74, 6) is -0.0383. The average Bonchev–Trinajstić information content (AvgIpc) is 3.11. The largest absolute Gasteiger partial charge is 0.465 e. The first-order chi connectivity index (χ1) is 14.0. The molecule has 7 heteroatoms. The van der Waals surface area contributed by atoms with Crippen molar-refractivity contribution in [1.82, 2.24) is 15.5 Å². The molecule has 0 bridgehead atoms. The number of nitriles is 1. The lowest BCUT2D eigenvalue weighted by molar-refractivity contribution is -0.124. The Kier molecular flexibility index (Phi) is 7.10. The van der Waals surface area contributed by atoms with Crippen LogP contribution in [0.5, 0.6) is 0 Å². The van der Waals surface area contributed by atoms with E-state index in [9.17, 15) is 20.0 Å². The van der Waals surface area contributed by atoms with Gasteiger partial charge in [0.1, 0.15) is 11.6 Å². The summed E-state index contributed by atoms with van der Waals surface area (Å²) in [6.07, 6.45) is 5.33. The summed E-state index contributed by atoms with van der Waals surface area (Å²) >= 11 is 0. The lowest BCUT2D eigenvalue weighted by Gasteiger charge is -2.29. The molecular weight excluding hydrogens is 368 g/mol. The number of nitrogens with one attached hydrogen (secondary N) is 2. The van der Waals surface area contributed by atoms with Gasteiger partial charge in [-0.15, -0.1) is 0 Å². The van der Waals surface area contributed by atoms with Crippen LogP contribution in [0.15, 0.2) is 30.3 Å². The Morgan fingerprint density at radius 2 is 1.97 bits per heavy atom. The van der Waals surface area contributed by atoms with E-state index in [1.54, 1.807) is 0 Å². The highest BCUT2D eigenvalue weighted by Crippen LogP contribution is 2.28. The maximum atomic E-state index is 12.9. The van der Waals surface area contributed by atoms with Gasteiger partial charge in [-0.1, -0.05) is 62.4 Å². The number of likely N-dealkylation sites (tertiary alicyclic amines) is 1. The molecular formula is C22H30N4O3. The van der Waals surface area contributed by atoms with Gasteiger partial charge in [0.25, 0.3) is 0 Å². The van der Waals surface area contributed by atoms with Gasteiger partial charge in [-0.25, -0.2) is 4.79 Å². The van der Waals surface area contributed by atoms with Crippen molar-refractivity contribution in [1.29, 1.82) is 5.26 Å². The molecule has 156 valence electrons. The molecule has 0 radical (unpaired) electrons. The molecule has 2 aliphatic rings. The van der Waals surface area contributed by atoms with Crippen molar-refractivity contribution >= 4 is 12.0 Å². The maximum absolute atomic E-state index is 12.9. The zero-order chi connectivity index (χ0) is 20.7. The highest BCUT2D eigenvalue weighted by atomic mass is 16.4. The molecule has 2 amide bonds. The van der Waals surface area contributed by atoms with Crippen molar-refractivity contribution in [3.05, 3.63) is 35.9 Å². The summed E-state index contributed by atoms with van der Waals surface area (Å²) < 4.78 is 0. The molecule has 3 rings (SSSR count). The SMILES string of the molecule is N#CC1(NC(=O)C(CC2CCCCC2)NC(=O)O)CCN(Cc2ccccc2)C1. The van der Waals surface area contributed by atoms with Crippen molar-refractivity contribution < 1.29 is 14.7 Å². The zero-order valence-corrected chi connectivity index (χ0v) is 16.8. The van der Waals surface area contributed by atoms with Crippen LogP contribution < -0.4 is 10.6 Å².